The van der Waals surface area contributed by atoms with Crippen molar-refractivity contribution in [1.29, 1.82) is 0 Å². The minimum atomic E-state index is -0.255. The summed E-state index contributed by atoms with van der Waals surface area (Å²) in [5, 5.41) is 8.68. The van der Waals surface area contributed by atoms with Gasteiger partial charge in [-0.1, -0.05) is 6.92 Å². The summed E-state index contributed by atoms with van der Waals surface area (Å²) in [5.74, 6) is 0.182. The van der Waals surface area contributed by atoms with Crippen LogP contribution in [0.25, 0.3) is 0 Å². The van der Waals surface area contributed by atoms with Gasteiger partial charge in [-0.15, -0.1) is 0 Å². The van der Waals surface area contributed by atoms with Crippen molar-refractivity contribution in [2.24, 2.45) is 5.92 Å². The Morgan fingerprint density at radius 2 is 2.12 bits per heavy atom. The maximum absolute atomic E-state index is 11.6. The highest BCUT2D eigenvalue weighted by Crippen LogP contribution is 2.11. The van der Waals surface area contributed by atoms with E-state index >= 15 is 0 Å². The molecule has 98 valence electrons. The van der Waals surface area contributed by atoms with Crippen molar-refractivity contribution >= 4 is 11.8 Å². The Kier molecular flexibility index (Phi) is 4.51. The van der Waals surface area contributed by atoms with Gasteiger partial charge in [-0.25, -0.2) is 0 Å². The van der Waals surface area contributed by atoms with E-state index in [1.807, 2.05) is 27.7 Å². The Balaban J connectivity index is 2.39. The summed E-state index contributed by atoms with van der Waals surface area (Å²) in [6, 6.07) is -0.255. The number of nitrogens with one attached hydrogen (secondary N) is 3. The van der Waals surface area contributed by atoms with Crippen molar-refractivity contribution < 1.29 is 9.59 Å². The molecule has 1 aliphatic rings. The second kappa shape index (κ2) is 5.49. The molecule has 0 bridgehead atoms. The van der Waals surface area contributed by atoms with Crippen molar-refractivity contribution in [2.75, 3.05) is 13.1 Å². The topological polar surface area (TPSA) is 70.2 Å². The Morgan fingerprint density at radius 1 is 1.47 bits per heavy atom. The molecule has 0 aliphatic carbocycles. The van der Waals surface area contributed by atoms with E-state index in [4.69, 9.17) is 0 Å². The molecule has 1 heterocycles. The maximum atomic E-state index is 11.6. The van der Waals surface area contributed by atoms with E-state index in [-0.39, 0.29) is 35.9 Å². The molecule has 0 radical (unpaired) electrons. The van der Waals surface area contributed by atoms with Gasteiger partial charge < -0.3 is 10.6 Å². The molecule has 0 spiro atoms. The van der Waals surface area contributed by atoms with Gasteiger partial charge in [0.2, 0.25) is 11.8 Å². The number of carbonyl (C=O) groups is 2. The summed E-state index contributed by atoms with van der Waals surface area (Å²) >= 11 is 0. The Bertz CT molecular complexity index is 297. The zero-order valence-corrected chi connectivity index (χ0v) is 11.1. The summed E-state index contributed by atoms with van der Waals surface area (Å²) in [6.07, 6.45) is 0.949. The number of amides is 2. The lowest BCUT2D eigenvalue weighted by Gasteiger charge is -2.29. The van der Waals surface area contributed by atoms with Crippen LogP contribution in [0.15, 0.2) is 0 Å². The second-order valence-corrected chi connectivity index (χ2v) is 5.71. The molecule has 3 N–H and O–H groups in total. The minimum absolute atomic E-state index is 0.00712. The lowest BCUT2D eigenvalue weighted by Crippen LogP contribution is -2.55. The quantitative estimate of drug-likeness (QED) is 0.652. The standard InChI is InChI=1S/C12H23N3O2/c1-8-5-6-13-11(17)10(8)14-7-9(16)15-12(2,3)4/h8,10,14H,5-7H2,1-4H3,(H,13,17)(H,15,16). The van der Waals surface area contributed by atoms with Crippen LogP contribution in [0.5, 0.6) is 0 Å². The average molecular weight is 241 g/mol. The van der Waals surface area contributed by atoms with Gasteiger partial charge in [0.25, 0.3) is 0 Å². The van der Waals surface area contributed by atoms with Gasteiger partial charge in [-0.3, -0.25) is 14.9 Å². The van der Waals surface area contributed by atoms with E-state index in [0.29, 0.717) is 0 Å². The van der Waals surface area contributed by atoms with E-state index in [1.165, 1.54) is 0 Å². The minimum Gasteiger partial charge on any atom is -0.355 e. The predicted molar refractivity (Wildman–Crippen MR) is 66.5 cm³/mol. The largest absolute Gasteiger partial charge is 0.355 e. The SMILES string of the molecule is CC1CCNC(=O)C1NCC(=O)NC(C)(C)C. The predicted octanol–water partition coefficient (Wildman–Crippen LogP) is 0.0153. The van der Waals surface area contributed by atoms with Crippen molar-refractivity contribution in [1.82, 2.24) is 16.0 Å². The molecule has 0 aromatic carbocycles. The molecule has 17 heavy (non-hydrogen) atoms. The monoisotopic (exact) mass is 241 g/mol. The van der Waals surface area contributed by atoms with Gasteiger partial charge in [0.15, 0.2) is 0 Å². The van der Waals surface area contributed by atoms with E-state index in [9.17, 15) is 9.59 Å². The summed E-state index contributed by atoms with van der Waals surface area (Å²) in [6.45, 7) is 8.73. The number of rotatable bonds is 3. The molecule has 1 rings (SSSR count). The fourth-order valence-corrected chi connectivity index (χ4v) is 1.92. The molecule has 0 aromatic rings. The van der Waals surface area contributed by atoms with E-state index in [2.05, 4.69) is 16.0 Å². The molecule has 1 saturated heterocycles. The first-order valence-corrected chi connectivity index (χ1v) is 6.12. The Hall–Kier alpha value is -1.10. The molecule has 0 aromatic heterocycles. The van der Waals surface area contributed by atoms with E-state index in [1.54, 1.807) is 0 Å². The van der Waals surface area contributed by atoms with E-state index in [0.717, 1.165) is 13.0 Å². The molecule has 0 saturated carbocycles. The van der Waals surface area contributed by atoms with Gasteiger partial charge in [-0.05, 0) is 33.1 Å². The smallest absolute Gasteiger partial charge is 0.237 e. The van der Waals surface area contributed by atoms with Crippen LogP contribution in [0, 0.1) is 5.92 Å². The van der Waals surface area contributed by atoms with Gasteiger partial charge in [0, 0.05) is 12.1 Å². The highest BCUT2D eigenvalue weighted by Gasteiger charge is 2.28. The van der Waals surface area contributed by atoms with Gasteiger partial charge >= 0.3 is 0 Å². The molecular formula is C12H23N3O2. The highest BCUT2D eigenvalue weighted by molar-refractivity contribution is 5.84. The third-order valence-corrected chi connectivity index (χ3v) is 2.75. The lowest BCUT2D eigenvalue weighted by atomic mass is 9.94. The highest BCUT2D eigenvalue weighted by atomic mass is 16.2. The van der Waals surface area contributed by atoms with E-state index < -0.39 is 0 Å². The van der Waals surface area contributed by atoms with Crippen molar-refractivity contribution in [3.8, 4) is 0 Å². The first-order valence-electron chi connectivity index (χ1n) is 6.12. The maximum Gasteiger partial charge on any atom is 0.237 e. The number of piperidine rings is 1. The number of hydrogen-bond donors (Lipinski definition) is 3. The van der Waals surface area contributed by atoms with Crippen molar-refractivity contribution in [2.45, 2.75) is 45.7 Å². The average Bonchev–Trinajstić information content (AvgIpc) is 2.14. The van der Waals surface area contributed by atoms with Crippen molar-refractivity contribution in [3.05, 3.63) is 0 Å². The summed E-state index contributed by atoms with van der Waals surface area (Å²) in [5.41, 5.74) is -0.237. The van der Waals surface area contributed by atoms with Crippen LogP contribution in [0.3, 0.4) is 0 Å². The molecule has 1 aliphatic heterocycles. The molecule has 2 amide bonds. The first kappa shape index (κ1) is 14.0. The first-order chi connectivity index (χ1) is 7.79. The third-order valence-electron chi connectivity index (χ3n) is 2.75. The molecule has 5 heteroatoms. The van der Waals surface area contributed by atoms with Crippen LogP contribution in [-0.2, 0) is 9.59 Å². The molecule has 2 unspecified atom stereocenters. The normalized spacial score (nSPS) is 25.3. The van der Waals surface area contributed by atoms with Crippen LogP contribution >= 0.6 is 0 Å². The second-order valence-electron chi connectivity index (χ2n) is 5.71. The zero-order chi connectivity index (χ0) is 13.1. The fourth-order valence-electron chi connectivity index (χ4n) is 1.92. The van der Waals surface area contributed by atoms with Gasteiger partial charge in [-0.2, -0.15) is 0 Å². The molecule has 5 nitrogen and oxygen atoms in total. The van der Waals surface area contributed by atoms with Crippen LogP contribution in [0.1, 0.15) is 34.1 Å². The molecule has 2 atom stereocenters. The Morgan fingerprint density at radius 3 is 2.65 bits per heavy atom. The van der Waals surface area contributed by atoms with Crippen LogP contribution in [-0.4, -0.2) is 36.5 Å². The summed E-state index contributed by atoms with van der Waals surface area (Å²) in [7, 11) is 0. The number of carbonyl (C=O) groups excluding carboxylic acids is 2. The zero-order valence-electron chi connectivity index (χ0n) is 11.1. The molecular weight excluding hydrogens is 218 g/mol. The number of hydrogen-bond acceptors (Lipinski definition) is 3. The van der Waals surface area contributed by atoms with Gasteiger partial charge in [0.05, 0.1) is 12.6 Å². The van der Waals surface area contributed by atoms with Crippen LogP contribution in [0.4, 0.5) is 0 Å². The molecule has 1 fully saturated rings. The third kappa shape index (κ3) is 4.73. The summed E-state index contributed by atoms with van der Waals surface area (Å²) in [4.78, 5) is 23.2. The Labute approximate surface area is 103 Å². The lowest BCUT2D eigenvalue weighted by molar-refractivity contribution is -0.126. The van der Waals surface area contributed by atoms with Crippen LogP contribution < -0.4 is 16.0 Å². The van der Waals surface area contributed by atoms with Crippen molar-refractivity contribution in [3.63, 3.8) is 0 Å². The summed E-state index contributed by atoms with van der Waals surface area (Å²) < 4.78 is 0. The fraction of sp³-hybridized carbons (Fsp3) is 0.833. The van der Waals surface area contributed by atoms with Crippen LogP contribution in [0.2, 0.25) is 0 Å². The van der Waals surface area contributed by atoms with Gasteiger partial charge in [0.1, 0.15) is 0 Å².